The third-order valence-corrected chi connectivity index (χ3v) is 3.10. The first-order chi connectivity index (χ1) is 8.25. The van der Waals surface area contributed by atoms with Crippen molar-refractivity contribution >= 4 is 15.9 Å². The van der Waals surface area contributed by atoms with Gasteiger partial charge in [0.2, 0.25) is 0 Å². The normalized spacial score (nSPS) is 12.4. The second kappa shape index (κ2) is 5.94. The fourth-order valence-corrected chi connectivity index (χ4v) is 2.05. The molecule has 3 heteroatoms. The van der Waals surface area contributed by atoms with Gasteiger partial charge in [0, 0.05) is 12.6 Å². The van der Waals surface area contributed by atoms with Crippen molar-refractivity contribution in [2.45, 2.75) is 19.5 Å². The molecule has 1 atom stereocenters. The van der Waals surface area contributed by atoms with Gasteiger partial charge in [-0.15, -0.1) is 0 Å². The maximum absolute atomic E-state index is 4.39. The highest BCUT2D eigenvalue weighted by molar-refractivity contribution is 9.10. The summed E-state index contributed by atoms with van der Waals surface area (Å²) in [5, 5.41) is 3.46. The molecule has 2 nitrogen and oxygen atoms in total. The van der Waals surface area contributed by atoms with E-state index < -0.39 is 0 Å². The summed E-state index contributed by atoms with van der Waals surface area (Å²) in [5.41, 5.74) is 2.34. The summed E-state index contributed by atoms with van der Waals surface area (Å²) in [6, 6.07) is 16.7. The molecule has 88 valence electrons. The summed E-state index contributed by atoms with van der Waals surface area (Å²) in [6.45, 7) is 2.93. The number of halogens is 1. The van der Waals surface area contributed by atoms with Crippen LogP contribution in [0.3, 0.4) is 0 Å². The van der Waals surface area contributed by atoms with Crippen molar-refractivity contribution in [3.05, 3.63) is 64.4 Å². The lowest BCUT2D eigenvalue weighted by Gasteiger charge is -2.13. The predicted molar refractivity (Wildman–Crippen MR) is 73.6 cm³/mol. The fourth-order valence-electron chi connectivity index (χ4n) is 1.67. The van der Waals surface area contributed by atoms with Gasteiger partial charge < -0.3 is 5.32 Å². The van der Waals surface area contributed by atoms with Crippen LogP contribution in [0, 0.1) is 0 Å². The number of benzene rings is 1. The Labute approximate surface area is 110 Å². The van der Waals surface area contributed by atoms with E-state index in [-0.39, 0.29) is 0 Å². The SMILES string of the molecule is C[C@@H](NCc1cccc(Br)n1)c1ccccc1. The van der Waals surface area contributed by atoms with Gasteiger partial charge in [0.05, 0.1) is 5.69 Å². The Bertz CT molecular complexity index is 471. The summed E-state index contributed by atoms with van der Waals surface area (Å²) in [7, 11) is 0. The number of hydrogen-bond acceptors (Lipinski definition) is 2. The molecule has 1 heterocycles. The van der Waals surface area contributed by atoms with E-state index in [1.807, 2.05) is 24.3 Å². The predicted octanol–water partition coefficient (Wildman–Crippen LogP) is 3.69. The lowest BCUT2D eigenvalue weighted by atomic mass is 10.1. The van der Waals surface area contributed by atoms with Gasteiger partial charge in [-0.2, -0.15) is 0 Å². The molecule has 0 fully saturated rings. The zero-order chi connectivity index (χ0) is 12.1. The first-order valence-corrected chi connectivity index (χ1v) is 6.45. The van der Waals surface area contributed by atoms with Crippen molar-refractivity contribution in [2.24, 2.45) is 0 Å². The van der Waals surface area contributed by atoms with Crippen molar-refractivity contribution in [1.82, 2.24) is 10.3 Å². The molecule has 0 bridgehead atoms. The van der Waals surface area contributed by atoms with Crippen molar-refractivity contribution in [2.75, 3.05) is 0 Å². The third kappa shape index (κ3) is 3.65. The lowest BCUT2D eigenvalue weighted by molar-refractivity contribution is 0.567. The number of rotatable bonds is 4. The minimum Gasteiger partial charge on any atom is -0.305 e. The number of nitrogens with one attached hydrogen (secondary N) is 1. The molecule has 1 aromatic heterocycles. The zero-order valence-corrected chi connectivity index (χ0v) is 11.3. The highest BCUT2D eigenvalue weighted by Crippen LogP contribution is 2.12. The van der Waals surface area contributed by atoms with Gasteiger partial charge in [-0.25, -0.2) is 4.98 Å². The Kier molecular flexibility index (Phi) is 4.29. The molecule has 0 radical (unpaired) electrons. The second-order valence-corrected chi connectivity index (χ2v) is 4.78. The van der Waals surface area contributed by atoms with Crippen LogP contribution in [-0.2, 0) is 6.54 Å². The van der Waals surface area contributed by atoms with Gasteiger partial charge in [-0.1, -0.05) is 36.4 Å². The average Bonchev–Trinajstić information content (AvgIpc) is 2.37. The van der Waals surface area contributed by atoms with Crippen molar-refractivity contribution in [3.63, 3.8) is 0 Å². The first kappa shape index (κ1) is 12.3. The molecule has 0 spiro atoms. The molecule has 2 aromatic rings. The van der Waals surface area contributed by atoms with Crippen molar-refractivity contribution in [1.29, 1.82) is 0 Å². The average molecular weight is 291 g/mol. The number of hydrogen-bond donors (Lipinski definition) is 1. The fraction of sp³-hybridized carbons (Fsp3) is 0.214. The summed E-state index contributed by atoms with van der Waals surface area (Å²) in [4.78, 5) is 4.39. The monoisotopic (exact) mass is 290 g/mol. The molecule has 0 unspecified atom stereocenters. The van der Waals surface area contributed by atoms with E-state index in [9.17, 15) is 0 Å². The summed E-state index contributed by atoms with van der Waals surface area (Å²) in [6.07, 6.45) is 0. The van der Waals surface area contributed by atoms with Crippen LogP contribution < -0.4 is 5.32 Å². The van der Waals surface area contributed by atoms with Crippen LogP contribution in [0.5, 0.6) is 0 Å². The Morgan fingerprint density at radius 3 is 2.59 bits per heavy atom. The largest absolute Gasteiger partial charge is 0.305 e. The molecule has 1 N–H and O–H groups in total. The number of pyridine rings is 1. The molecule has 2 rings (SSSR count). The van der Waals surface area contributed by atoms with E-state index >= 15 is 0 Å². The molecule has 0 aliphatic heterocycles. The maximum Gasteiger partial charge on any atom is 0.106 e. The minimum absolute atomic E-state index is 0.331. The quantitative estimate of drug-likeness (QED) is 0.869. The Hall–Kier alpha value is -1.19. The summed E-state index contributed by atoms with van der Waals surface area (Å²) < 4.78 is 0.879. The highest BCUT2D eigenvalue weighted by Gasteiger charge is 2.04. The van der Waals surface area contributed by atoms with E-state index in [1.165, 1.54) is 5.56 Å². The summed E-state index contributed by atoms with van der Waals surface area (Å²) >= 11 is 3.38. The Balaban J connectivity index is 1.95. The minimum atomic E-state index is 0.331. The van der Waals surface area contributed by atoms with E-state index in [4.69, 9.17) is 0 Å². The molecule has 0 aliphatic carbocycles. The first-order valence-electron chi connectivity index (χ1n) is 5.65. The van der Waals surface area contributed by atoms with E-state index in [2.05, 4.69) is 57.4 Å². The van der Waals surface area contributed by atoms with Gasteiger partial charge in [-0.3, -0.25) is 0 Å². The van der Waals surface area contributed by atoms with Gasteiger partial charge in [0.1, 0.15) is 4.60 Å². The topological polar surface area (TPSA) is 24.9 Å². The molecule has 17 heavy (non-hydrogen) atoms. The summed E-state index contributed by atoms with van der Waals surface area (Å²) in [5.74, 6) is 0. The molecule has 0 aliphatic rings. The lowest BCUT2D eigenvalue weighted by Crippen LogP contribution is -2.18. The van der Waals surface area contributed by atoms with E-state index in [1.54, 1.807) is 0 Å². The van der Waals surface area contributed by atoms with Crippen LogP contribution in [0.4, 0.5) is 0 Å². The smallest absolute Gasteiger partial charge is 0.106 e. The molecule has 1 aromatic carbocycles. The van der Waals surface area contributed by atoms with Crippen LogP contribution in [0.1, 0.15) is 24.2 Å². The molecule has 0 saturated carbocycles. The van der Waals surface area contributed by atoms with Gasteiger partial charge >= 0.3 is 0 Å². The van der Waals surface area contributed by atoms with Crippen LogP contribution in [0.2, 0.25) is 0 Å². The number of aromatic nitrogens is 1. The van der Waals surface area contributed by atoms with E-state index in [0.29, 0.717) is 6.04 Å². The highest BCUT2D eigenvalue weighted by atomic mass is 79.9. The van der Waals surface area contributed by atoms with Crippen molar-refractivity contribution in [3.8, 4) is 0 Å². The Morgan fingerprint density at radius 1 is 1.12 bits per heavy atom. The van der Waals surface area contributed by atoms with Gasteiger partial charge in [0.25, 0.3) is 0 Å². The molecule has 0 saturated heterocycles. The van der Waals surface area contributed by atoms with Crippen LogP contribution in [0.25, 0.3) is 0 Å². The third-order valence-electron chi connectivity index (χ3n) is 2.66. The van der Waals surface area contributed by atoms with Gasteiger partial charge in [-0.05, 0) is 40.5 Å². The van der Waals surface area contributed by atoms with Crippen molar-refractivity contribution < 1.29 is 0 Å². The molecular formula is C14H15BrN2. The van der Waals surface area contributed by atoms with Gasteiger partial charge in [0.15, 0.2) is 0 Å². The van der Waals surface area contributed by atoms with Crippen LogP contribution in [-0.4, -0.2) is 4.98 Å². The number of nitrogens with zero attached hydrogens (tertiary/aromatic N) is 1. The molecular weight excluding hydrogens is 276 g/mol. The van der Waals surface area contributed by atoms with Crippen LogP contribution in [0.15, 0.2) is 53.1 Å². The Morgan fingerprint density at radius 2 is 1.88 bits per heavy atom. The van der Waals surface area contributed by atoms with E-state index in [0.717, 1.165) is 16.8 Å². The standard InChI is InChI=1S/C14H15BrN2/c1-11(12-6-3-2-4-7-12)16-10-13-8-5-9-14(15)17-13/h2-9,11,16H,10H2,1H3/t11-/m1/s1. The second-order valence-electron chi connectivity index (χ2n) is 3.96. The zero-order valence-electron chi connectivity index (χ0n) is 9.73. The molecule has 0 amide bonds. The maximum atomic E-state index is 4.39. The van der Waals surface area contributed by atoms with Crippen LogP contribution >= 0.6 is 15.9 Å².